The number of rotatable bonds is 4. The number of allylic oxidation sites excluding steroid dienone is 2. The fourth-order valence-corrected chi connectivity index (χ4v) is 1.45. The second-order valence-electron chi connectivity index (χ2n) is 2.58. The summed E-state index contributed by atoms with van der Waals surface area (Å²) in [7, 11) is -1.89. The highest BCUT2D eigenvalue weighted by Gasteiger charge is 2.11. The Morgan fingerprint density at radius 1 is 1.70 bits per heavy atom. The van der Waals surface area contributed by atoms with Gasteiger partial charge in [0.1, 0.15) is 0 Å². The van der Waals surface area contributed by atoms with Crippen LogP contribution in [0.3, 0.4) is 0 Å². The Morgan fingerprint density at radius 2 is 2.40 bits per heavy atom. The molecule has 1 unspecified atom stereocenters. The first-order chi connectivity index (χ1) is 4.79. The third-order valence-electron chi connectivity index (χ3n) is 1.75. The van der Waals surface area contributed by atoms with Crippen LogP contribution in [0.2, 0.25) is 0 Å². The van der Waals surface area contributed by atoms with Crippen molar-refractivity contribution < 1.29 is 9.46 Å². The summed E-state index contributed by atoms with van der Waals surface area (Å²) >= 11 is 0. The molecule has 0 saturated heterocycles. The predicted molar refractivity (Wildman–Crippen MR) is 41.2 cm³/mol. The van der Waals surface area contributed by atoms with Gasteiger partial charge in [-0.25, -0.2) is 0 Å². The van der Waals surface area contributed by atoms with Gasteiger partial charge in [-0.2, -0.15) is 4.89 Å². The molecule has 0 aromatic heterocycles. The van der Waals surface area contributed by atoms with Crippen LogP contribution in [-0.2, 0) is 4.57 Å². The molecule has 0 aromatic rings. The molecule has 2 nitrogen and oxygen atoms in total. The predicted octanol–water partition coefficient (Wildman–Crippen LogP) is 2.22. The Balaban J connectivity index is 2.00. The fraction of sp³-hybridized carbons (Fsp3) is 0.714. The van der Waals surface area contributed by atoms with Crippen LogP contribution in [0, 0.1) is 0 Å². The van der Waals surface area contributed by atoms with Gasteiger partial charge in [0, 0.05) is 0 Å². The highest BCUT2D eigenvalue weighted by molar-refractivity contribution is 7.37. The van der Waals surface area contributed by atoms with E-state index in [2.05, 4.69) is 6.08 Å². The molecule has 56 valence electrons. The highest BCUT2D eigenvalue weighted by atomic mass is 31.1. The summed E-state index contributed by atoms with van der Waals surface area (Å²) in [5, 5.41) is 0. The molecular formula is C7H12O2P+. The standard InChI is InChI=1S/C7H11O2P/c8-10(9)6-2-5-7-3-1-4-7/h3H,1-2,4-6H2/p+1. The van der Waals surface area contributed by atoms with Crippen molar-refractivity contribution in [1.82, 2.24) is 0 Å². The molecule has 0 bridgehead atoms. The van der Waals surface area contributed by atoms with Gasteiger partial charge in [-0.05, 0) is 30.2 Å². The molecule has 1 rings (SSSR count). The first-order valence-electron chi connectivity index (χ1n) is 3.60. The molecule has 3 heteroatoms. The van der Waals surface area contributed by atoms with E-state index in [0.717, 1.165) is 12.8 Å². The Bertz CT molecular complexity index is 163. The number of hydrogen-bond donors (Lipinski definition) is 1. The van der Waals surface area contributed by atoms with Crippen LogP contribution in [0.1, 0.15) is 25.7 Å². The van der Waals surface area contributed by atoms with Crippen LogP contribution in [0.15, 0.2) is 11.6 Å². The van der Waals surface area contributed by atoms with Gasteiger partial charge >= 0.3 is 8.03 Å². The summed E-state index contributed by atoms with van der Waals surface area (Å²) in [5.74, 6) is 0. The van der Waals surface area contributed by atoms with Gasteiger partial charge in [-0.3, -0.25) is 0 Å². The van der Waals surface area contributed by atoms with Crippen molar-refractivity contribution in [2.75, 3.05) is 6.16 Å². The van der Waals surface area contributed by atoms with Crippen LogP contribution in [0.5, 0.6) is 0 Å². The van der Waals surface area contributed by atoms with Crippen molar-refractivity contribution in [2.45, 2.75) is 25.7 Å². The summed E-state index contributed by atoms with van der Waals surface area (Å²) in [6.07, 6.45) is 7.00. The summed E-state index contributed by atoms with van der Waals surface area (Å²) in [6, 6.07) is 0. The lowest BCUT2D eigenvalue weighted by molar-refractivity contribution is 0.501. The zero-order valence-corrected chi connectivity index (χ0v) is 6.81. The van der Waals surface area contributed by atoms with Gasteiger partial charge in [0.15, 0.2) is 6.16 Å². The number of hydrogen-bond acceptors (Lipinski definition) is 1. The summed E-state index contributed by atoms with van der Waals surface area (Å²) in [5.41, 5.74) is 1.47. The first-order valence-corrected chi connectivity index (χ1v) is 5.00. The van der Waals surface area contributed by atoms with Crippen LogP contribution in [-0.4, -0.2) is 11.1 Å². The average molecular weight is 159 g/mol. The molecule has 0 spiro atoms. The lowest BCUT2D eigenvalue weighted by Gasteiger charge is -2.11. The largest absolute Gasteiger partial charge is 0.505 e. The molecule has 1 aliphatic carbocycles. The van der Waals surface area contributed by atoms with Crippen molar-refractivity contribution in [3.8, 4) is 0 Å². The van der Waals surface area contributed by atoms with Crippen LogP contribution >= 0.6 is 8.03 Å². The third-order valence-corrected chi connectivity index (χ3v) is 2.44. The van der Waals surface area contributed by atoms with E-state index in [1.807, 2.05) is 0 Å². The molecule has 0 amide bonds. The molecular weight excluding hydrogens is 147 g/mol. The van der Waals surface area contributed by atoms with Crippen molar-refractivity contribution in [3.63, 3.8) is 0 Å². The van der Waals surface area contributed by atoms with Gasteiger partial charge in [-0.1, -0.05) is 11.6 Å². The van der Waals surface area contributed by atoms with Crippen LogP contribution in [0.4, 0.5) is 0 Å². The molecule has 0 radical (unpaired) electrons. The normalized spacial score (nSPS) is 17.7. The van der Waals surface area contributed by atoms with E-state index in [0.29, 0.717) is 6.16 Å². The van der Waals surface area contributed by atoms with Crippen molar-refractivity contribution in [3.05, 3.63) is 11.6 Å². The molecule has 10 heavy (non-hydrogen) atoms. The molecule has 1 N–H and O–H groups in total. The minimum absolute atomic E-state index is 0.465. The van der Waals surface area contributed by atoms with E-state index in [1.54, 1.807) is 0 Å². The minimum atomic E-state index is -1.89. The zero-order chi connectivity index (χ0) is 7.40. The fourth-order valence-electron chi connectivity index (χ4n) is 1.02. The van der Waals surface area contributed by atoms with Gasteiger partial charge < -0.3 is 0 Å². The Kier molecular flexibility index (Phi) is 3.04. The van der Waals surface area contributed by atoms with Crippen LogP contribution < -0.4 is 0 Å². The monoisotopic (exact) mass is 159 g/mol. The second-order valence-corrected chi connectivity index (χ2v) is 3.73. The maximum Gasteiger partial charge on any atom is 0.505 e. The summed E-state index contributed by atoms with van der Waals surface area (Å²) in [4.78, 5) is 8.45. The maximum absolute atomic E-state index is 10.2. The van der Waals surface area contributed by atoms with E-state index in [9.17, 15) is 4.57 Å². The molecule has 1 aliphatic rings. The molecule has 1 atom stereocenters. The van der Waals surface area contributed by atoms with Crippen LogP contribution in [0.25, 0.3) is 0 Å². The van der Waals surface area contributed by atoms with Crippen molar-refractivity contribution in [2.24, 2.45) is 0 Å². The quantitative estimate of drug-likeness (QED) is 0.504. The Morgan fingerprint density at radius 3 is 2.80 bits per heavy atom. The van der Waals surface area contributed by atoms with E-state index in [1.165, 1.54) is 18.4 Å². The van der Waals surface area contributed by atoms with Gasteiger partial charge in [0.05, 0.1) is 0 Å². The second kappa shape index (κ2) is 3.85. The topological polar surface area (TPSA) is 37.3 Å². The van der Waals surface area contributed by atoms with E-state index in [4.69, 9.17) is 4.89 Å². The van der Waals surface area contributed by atoms with E-state index >= 15 is 0 Å². The van der Waals surface area contributed by atoms with E-state index in [-0.39, 0.29) is 0 Å². The molecule has 0 aromatic carbocycles. The Labute approximate surface area is 61.8 Å². The van der Waals surface area contributed by atoms with E-state index < -0.39 is 8.03 Å². The molecule has 0 aliphatic heterocycles. The zero-order valence-electron chi connectivity index (χ0n) is 5.92. The Hall–Kier alpha value is -0.200. The van der Waals surface area contributed by atoms with Gasteiger partial charge in [0.25, 0.3) is 0 Å². The third kappa shape index (κ3) is 2.59. The lowest BCUT2D eigenvalue weighted by atomic mass is 9.95. The smallest absolute Gasteiger partial charge is 0.161 e. The first kappa shape index (κ1) is 7.90. The highest BCUT2D eigenvalue weighted by Crippen LogP contribution is 2.25. The van der Waals surface area contributed by atoms with Gasteiger partial charge in [-0.15, -0.1) is 0 Å². The average Bonchev–Trinajstić information content (AvgIpc) is 1.75. The minimum Gasteiger partial charge on any atom is -0.161 e. The maximum atomic E-state index is 10.2. The molecule has 0 heterocycles. The SMILES string of the molecule is O=[P+](O)CCCC1=CCC1. The molecule has 0 fully saturated rings. The van der Waals surface area contributed by atoms with Crippen molar-refractivity contribution >= 4 is 8.03 Å². The van der Waals surface area contributed by atoms with Gasteiger partial charge in [0.2, 0.25) is 0 Å². The summed E-state index contributed by atoms with van der Waals surface area (Å²) in [6.45, 7) is 0. The summed E-state index contributed by atoms with van der Waals surface area (Å²) < 4.78 is 10.2. The van der Waals surface area contributed by atoms with Crippen molar-refractivity contribution in [1.29, 1.82) is 0 Å². The lowest BCUT2D eigenvalue weighted by Crippen LogP contribution is -1.94. The molecule has 0 saturated carbocycles.